The van der Waals surface area contributed by atoms with Crippen LogP contribution < -0.4 is 15.0 Å². The van der Waals surface area contributed by atoms with Gasteiger partial charge in [0, 0.05) is 17.1 Å². The van der Waals surface area contributed by atoms with E-state index in [1.54, 1.807) is 20.8 Å². The molecule has 0 saturated heterocycles. The lowest BCUT2D eigenvalue weighted by Crippen LogP contribution is -2.45. The van der Waals surface area contributed by atoms with Gasteiger partial charge < -0.3 is 9.47 Å². The monoisotopic (exact) mass is 465 g/mol. The molecule has 0 bridgehead atoms. The summed E-state index contributed by atoms with van der Waals surface area (Å²) in [5, 5.41) is 1.81. The molecule has 0 radical (unpaired) electrons. The van der Waals surface area contributed by atoms with E-state index in [9.17, 15) is 18.0 Å². The fourth-order valence-corrected chi connectivity index (χ4v) is 5.08. The number of rotatable bonds is 8. The van der Waals surface area contributed by atoms with Gasteiger partial charge >= 0.3 is 5.97 Å². The quantitative estimate of drug-likeness (QED) is 0.507. The average Bonchev–Trinajstić information content (AvgIpc) is 3.11. The van der Waals surface area contributed by atoms with Crippen molar-refractivity contribution in [3.05, 3.63) is 57.5 Å². The van der Waals surface area contributed by atoms with Gasteiger partial charge in [-0.15, -0.1) is 11.3 Å². The van der Waals surface area contributed by atoms with Crippen molar-refractivity contribution in [3.8, 4) is 5.75 Å². The third-order valence-corrected chi connectivity index (χ3v) is 6.96. The molecule has 0 amide bonds. The van der Waals surface area contributed by atoms with Crippen molar-refractivity contribution in [2.75, 3.05) is 7.11 Å². The van der Waals surface area contributed by atoms with Crippen molar-refractivity contribution in [3.63, 3.8) is 0 Å². The molecule has 2 aromatic heterocycles. The summed E-state index contributed by atoms with van der Waals surface area (Å²) in [6.07, 6.45) is 0. The summed E-state index contributed by atoms with van der Waals surface area (Å²) in [5.41, 5.74) is 0.796. The Balaban J connectivity index is 1.73. The van der Waals surface area contributed by atoms with Crippen molar-refractivity contribution in [1.82, 2.24) is 14.1 Å². The maximum atomic E-state index is 12.7. The van der Waals surface area contributed by atoms with Crippen LogP contribution in [0.2, 0.25) is 0 Å². The van der Waals surface area contributed by atoms with Crippen LogP contribution in [0.3, 0.4) is 0 Å². The van der Waals surface area contributed by atoms with Gasteiger partial charge in [-0.1, -0.05) is 13.8 Å². The Bertz CT molecular complexity index is 1250. The number of ether oxygens (including phenoxy) is 2. The van der Waals surface area contributed by atoms with E-state index in [4.69, 9.17) is 9.47 Å². The number of hydrogen-bond acceptors (Lipinski definition) is 8. The third kappa shape index (κ3) is 5.12. The summed E-state index contributed by atoms with van der Waals surface area (Å²) in [5.74, 6) is -0.613. The summed E-state index contributed by atoms with van der Waals surface area (Å²) in [6, 6.07) is 6.00. The number of nitrogens with one attached hydrogen (secondary N) is 1. The summed E-state index contributed by atoms with van der Waals surface area (Å²) < 4.78 is 39.6. The fraction of sp³-hybridized carbons (Fsp3) is 0.350. The van der Waals surface area contributed by atoms with Gasteiger partial charge in [0.05, 0.1) is 17.7 Å². The lowest BCUT2D eigenvalue weighted by Gasteiger charge is -2.20. The topological polar surface area (TPSA) is 116 Å². The average molecular weight is 466 g/mol. The van der Waals surface area contributed by atoms with Gasteiger partial charge in [0.2, 0.25) is 10.0 Å². The SMILES string of the molecule is COc1ccc(S(=O)(=O)N[C@H](C(=O)OCc2cc(=O)n3c(C)csc3n2)C(C)C)cc1. The van der Waals surface area contributed by atoms with Crippen molar-refractivity contribution in [1.29, 1.82) is 0 Å². The first-order valence-corrected chi connectivity index (χ1v) is 11.8. The molecule has 2 heterocycles. The number of aryl methyl sites for hydroxylation is 1. The second kappa shape index (κ2) is 9.16. The Morgan fingerprint density at radius 2 is 1.94 bits per heavy atom. The molecule has 1 aromatic carbocycles. The molecule has 1 N–H and O–H groups in total. The normalized spacial score (nSPS) is 12.8. The minimum Gasteiger partial charge on any atom is -0.497 e. The van der Waals surface area contributed by atoms with Crippen LogP contribution in [-0.2, 0) is 26.2 Å². The van der Waals surface area contributed by atoms with Crippen molar-refractivity contribution < 1.29 is 22.7 Å². The van der Waals surface area contributed by atoms with Gasteiger partial charge in [-0.3, -0.25) is 14.0 Å². The molecule has 0 unspecified atom stereocenters. The molecule has 166 valence electrons. The summed E-state index contributed by atoms with van der Waals surface area (Å²) in [7, 11) is -2.48. The zero-order chi connectivity index (χ0) is 22.8. The van der Waals surface area contributed by atoms with Crippen LogP contribution in [0.25, 0.3) is 4.96 Å². The van der Waals surface area contributed by atoms with Crippen molar-refractivity contribution in [2.24, 2.45) is 5.92 Å². The van der Waals surface area contributed by atoms with E-state index in [0.717, 1.165) is 5.69 Å². The first kappa shape index (κ1) is 22.9. The van der Waals surface area contributed by atoms with E-state index in [-0.39, 0.29) is 23.0 Å². The lowest BCUT2D eigenvalue weighted by atomic mass is 10.1. The first-order valence-electron chi connectivity index (χ1n) is 9.42. The van der Waals surface area contributed by atoms with E-state index >= 15 is 0 Å². The van der Waals surface area contributed by atoms with Crippen LogP contribution in [0.15, 0.2) is 45.4 Å². The smallest absolute Gasteiger partial charge is 0.324 e. The van der Waals surface area contributed by atoms with Gasteiger partial charge in [0.1, 0.15) is 18.4 Å². The second-order valence-corrected chi connectivity index (χ2v) is 9.76. The van der Waals surface area contributed by atoms with Crippen molar-refractivity contribution in [2.45, 2.75) is 38.3 Å². The number of thiazole rings is 1. The van der Waals surface area contributed by atoms with Crippen LogP contribution >= 0.6 is 11.3 Å². The lowest BCUT2D eigenvalue weighted by molar-refractivity contribution is -0.148. The fourth-order valence-electron chi connectivity index (χ4n) is 2.86. The molecule has 0 saturated carbocycles. The van der Waals surface area contributed by atoms with Crippen LogP contribution in [0.4, 0.5) is 0 Å². The Kier molecular flexibility index (Phi) is 6.77. The molecular formula is C20H23N3O6S2. The molecule has 11 heteroatoms. The summed E-state index contributed by atoms with van der Waals surface area (Å²) in [6.45, 7) is 4.96. The number of carbonyl (C=O) groups is 1. The highest BCUT2D eigenvalue weighted by Crippen LogP contribution is 2.18. The summed E-state index contributed by atoms with van der Waals surface area (Å²) >= 11 is 1.31. The molecule has 0 spiro atoms. The van der Waals surface area contributed by atoms with Gasteiger partial charge in [0.15, 0.2) is 4.96 Å². The van der Waals surface area contributed by atoms with E-state index in [1.807, 2.05) is 5.38 Å². The molecule has 0 aliphatic carbocycles. The Morgan fingerprint density at radius 3 is 2.55 bits per heavy atom. The second-order valence-electron chi connectivity index (χ2n) is 7.21. The van der Waals surface area contributed by atoms with E-state index in [1.165, 1.54) is 53.2 Å². The Morgan fingerprint density at radius 1 is 1.26 bits per heavy atom. The molecule has 0 aliphatic heterocycles. The first-order chi connectivity index (χ1) is 14.6. The number of fused-ring (bicyclic) bond motifs is 1. The van der Waals surface area contributed by atoms with E-state index < -0.39 is 22.0 Å². The molecule has 31 heavy (non-hydrogen) atoms. The Labute approximate surface area is 183 Å². The van der Waals surface area contributed by atoms with Crippen LogP contribution in [0.1, 0.15) is 25.2 Å². The minimum atomic E-state index is -3.96. The maximum absolute atomic E-state index is 12.7. The maximum Gasteiger partial charge on any atom is 0.324 e. The zero-order valence-electron chi connectivity index (χ0n) is 17.5. The standard InChI is InChI=1S/C20H23N3O6S2/c1-12(2)18(22-31(26,27)16-7-5-15(28-4)6-8-16)19(25)29-10-14-9-17(24)23-13(3)11-30-20(23)21-14/h5-9,11-12,18,22H,10H2,1-4H3/t18-/m0/s1. The molecular weight excluding hydrogens is 442 g/mol. The molecule has 1 atom stereocenters. The highest BCUT2D eigenvalue weighted by atomic mass is 32.2. The number of methoxy groups -OCH3 is 1. The number of carbonyl (C=O) groups excluding carboxylic acids is 1. The predicted molar refractivity (Wildman–Crippen MR) is 116 cm³/mol. The molecule has 3 rings (SSSR count). The molecule has 0 fully saturated rings. The van der Waals surface area contributed by atoms with Gasteiger partial charge in [0.25, 0.3) is 5.56 Å². The largest absolute Gasteiger partial charge is 0.497 e. The number of hydrogen-bond donors (Lipinski definition) is 1. The molecule has 3 aromatic rings. The van der Waals surface area contributed by atoms with Gasteiger partial charge in [-0.2, -0.15) is 4.72 Å². The number of nitrogens with zero attached hydrogens (tertiary/aromatic N) is 2. The van der Waals surface area contributed by atoms with Gasteiger partial charge in [-0.05, 0) is 37.1 Å². The van der Waals surface area contributed by atoms with E-state index in [0.29, 0.717) is 16.4 Å². The minimum absolute atomic E-state index is 0.0000417. The van der Waals surface area contributed by atoms with Crippen LogP contribution in [-0.4, -0.2) is 36.9 Å². The van der Waals surface area contributed by atoms with E-state index in [2.05, 4.69) is 9.71 Å². The third-order valence-electron chi connectivity index (χ3n) is 4.56. The van der Waals surface area contributed by atoms with Crippen LogP contribution in [0, 0.1) is 12.8 Å². The summed E-state index contributed by atoms with van der Waals surface area (Å²) in [4.78, 5) is 29.7. The van der Waals surface area contributed by atoms with Crippen molar-refractivity contribution >= 4 is 32.3 Å². The zero-order valence-corrected chi connectivity index (χ0v) is 19.1. The number of sulfonamides is 1. The number of benzene rings is 1. The highest BCUT2D eigenvalue weighted by Gasteiger charge is 2.30. The van der Waals surface area contributed by atoms with Gasteiger partial charge in [-0.25, -0.2) is 13.4 Å². The molecule has 0 aliphatic rings. The number of aromatic nitrogens is 2. The van der Waals surface area contributed by atoms with Crippen LogP contribution in [0.5, 0.6) is 5.75 Å². The highest BCUT2D eigenvalue weighted by molar-refractivity contribution is 7.89. The molecule has 9 nitrogen and oxygen atoms in total. The predicted octanol–water partition coefficient (Wildman–Crippen LogP) is 2.12. The Hall–Kier alpha value is -2.76. The number of esters is 1.